The van der Waals surface area contributed by atoms with Crippen molar-refractivity contribution in [1.82, 2.24) is 20.2 Å². The highest BCUT2D eigenvalue weighted by molar-refractivity contribution is 5.75. The standard InChI is InChI=1S/C14H20N4O2/c19-13(3-6-18-7-4-15-5-8-18)10-1-2-11-12(9-10)17-14(20)16-11/h1-2,9,13,15,19H,3-8H2,(H2,16,17,20). The summed E-state index contributed by atoms with van der Waals surface area (Å²) in [6.45, 7) is 5.01. The Morgan fingerprint density at radius 1 is 1.20 bits per heavy atom. The molecular formula is C14H20N4O2. The van der Waals surface area contributed by atoms with E-state index in [1.165, 1.54) is 0 Å². The number of benzene rings is 1. The highest BCUT2D eigenvalue weighted by Crippen LogP contribution is 2.20. The summed E-state index contributed by atoms with van der Waals surface area (Å²) in [6, 6.07) is 5.54. The van der Waals surface area contributed by atoms with E-state index in [0.29, 0.717) is 6.42 Å². The molecule has 6 nitrogen and oxygen atoms in total. The lowest BCUT2D eigenvalue weighted by Gasteiger charge is -2.27. The van der Waals surface area contributed by atoms with Crippen LogP contribution in [-0.4, -0.2) is 52.7 Å². The van der Waals surface area contributed by atoms with Crippen molar-refractivity contribution in [3.05, 3.63) is 34.2 Å². The van der Waals surface area contributed by atoms with Crippen LogP contribution in [0.2, 0.25) is 0 Å². The minimum absolute atomic E-state index is 0.215. The van der Waals surface area contributed by atoms with Crippen LogP contribution < -0.4 is 11.0 Å². The normalized spacial score (nSPS) is 18.4. The Morgan fingerprint density at radius 3 is 2.75 bits per heavy atom. The molecule has 1 fully saturated rings. The molecule has 0 saturated carbocycles. The van der Waals surface area contributed by atoms with Gasteiger partial charge in [0, 0.05) is 32.7 Å². The lowest BCUT2D eigenvalue weighted by atomic mass is 10.1. The van der Waals surface area contributed by atoms with Gasteiger partial charge >= 0.3 is 5.69 Å². The fourth-order valence-electron chi connectivity index (χ4n) is 2.66. The summed E-state index contributed by atoms with van der Waals surface area (Å²) in [5.74, 6) is 0. The van der Waals surface area contributed by atoms with Gasteiger partial charge in [0.25, 0.3) is 0 Å². The predicted molar refractivity (Wildman–Crippen MR) is 77.8 cm³/mol. The van der Waals surface area contributed by atoms with Gasteiger partial charge in [-0.25, -0.2) is 4.79 Å². The van der Waals surface area contributed by atoms with Gasteiger partial charge in [-0.15, -0.1) is 0 Å². The quantitative estimate of drug-likeness (QED) is 0.642. The molecule has 2 aromatic rings. The van der Waals surface area contributed by atoms with Gasteiger partial charge in [-0.2, -0.15) is 0 Å². The zero-order valence-electron chi connectivity index (χ0n) is 11.4. The van der Waals surface area contributed by atoms with Gasteiger partial charge in [-0.1, -0.05) is 6.07 Å². The number of imidazole rings is 1. The number of nitrogens with zero attached hydrogens (tertiary/aromatic N) is 1. The van der Waals surface area contributed by atoms with Crippen LogP contribution in [0.3, 0.4) is 0 Å². The minimum Gasteiger partial charge on any atom is -0.388 e. The van der Waals surface area contributed by atoms with Gasteiger partial charge in [0.1, 0.15) is 0 Å². The van der Waals surface area contributed by atoms with E-state index in [1.54, 1.807) is 0 Å². The van der Waals surface area contributed by atoms with Crippen LogP contribution >= 0.6 is 0 Å². The minimum atomic E-state index is -0.493. The molecule has 6 heteroatoms. The molecule has 4 N–H and O–H groups in total. The lowest BCUT2D eigenvalue weighted by Crippen LogP contribution is -2.44. The second kappa shape index (κ2) is 5.78. The first-order valence-corrected chi connectivity index (χ1v) is 7.05. The number of rotatable bonds is 4. The van der Waals surface area contributed by atoms with E-state index in [1.807, 2.05) is 18.2 Å². The molecule has 1 atom stereocenters. The van der Waals surface area contributed by atoms with E-state index in [-0.39, 0.29) is 5.69 Å². The molecule has 0 amide bonds. The number of aromatic amines is 2. The highest BCUT2D eigenvalue weighted by atomic mass is 16.3. The van der Waals surface area contributed by atoms with E-state index in [0.717, 1.165) is 49.3 Å². The Bertz CT molecular complexity index is 627. The number of nitrogens with one attached hydrogen (secondary N) is 3. The van der Waals surface area contributed by atoms with E-state index in [4.69, 9.17) is 0 Å². The third-order valence-electron chi connectivity index (χ3n) is 3.85. The van der Waals surface area contributed by atoms with Crippen molar-refractivity contribution in [1.29, 1.82) is 0 Å². The number of aliphatic hydroxyl groups is 1. The Morgan fingerprint density at radius 2 is 1.95 bits per heavy atom. The van der Waals surface area contributed by atoms with Crippen LogP contribution in [0.15, 0.2) is 23.0 Å². The summed E-state index contributed by atoms with van der Waals surface area (Å²) in [6.07, 6.45) is 0.216. The molecule has 1 saturated heterocycles. The first-order chi connectivity index (χ1) is 9.72. The van der Waals surface area contributed by atoms with Crippen molar-refractivity contribution in [2.45, 2.75) is 12.5 Å². The fraction of sp³-hybridized carbons (Fsp3) is 0.500. The van der Waals surface area contributed by atoms with E-state index in [2.05, 4.69) is 20.2 Å². The largest absolute Gasteiger partial charge is 0.388 e. The predicted octanol–water partition coefficient (Wildman–Crippen LogP) is 0.185. The molecule has 1 aliphatic rings. The summed E-state index contributed by atoms with van der Waals surface area (Å²) in [5.41, 5.74) is 2.15. The summed E-state index contributed by atoms with van der Waals surface area (Å²) < 4.78 is 0. The maximum Gasteiger partial charge on any atom is 0.323 e. The van der Waals surface area contributed by atoms with Gasteiger partial charge < -0.3 is 25.3 Å². The smallest absolute Gasteiger partial charge is 0.323 e. The monoisotopic (exact) mass is 276 g/mol. The maximum absolute atomic E-state index is 11.2. The second-order valence-electron chi connectivity index (χ2n) is 5.28. The van der Waals surface area contributed by atoms with Gasteiger partial charge in [-0.05, 0) is 24.1 Å². The zero-order chi connectivity index (χ0) is 13.9. The van der Waals surface area contributed by atoms with Crippen LogP contribution in [0.5, 0.6) is 0 Å². The third-order valence-corrected chi connectivity index (χ3v) is 3.85. The average Bonchev–Trinajstić information content (AvgIpc) is 2.85. The molecule has 1 aromatic carbocycles. The number of fused-ring (bicyclic) bond motifs is 1. The molecule has 2 heterocycles. The van der Waals surface area contributed by atoms with Crippen LogP contribution in [0.4, 0.5) is 0 Å². The Balaban J connectivity index is 1.65. The van der Waals surface area contributed by atoms with Gasteiger partial charge in [0.05, 0.1) is 17.1 Å². The van der Waals surface area contributed by atoms with Crippen molar-refractivity contribution < 1.29 is 5.11 Å². The van der Waals surface area contributed by atoms with E-state index >= 15 is 0 Å². The Hall–Kier alpha value is -1.63. The number of piperazine rings is 1. The van der Waals surface area contributed by atoms with Crippen molar-refractivity contribution in [3.63, 3.8) is 0 Å². The SMILES string of the molecule is O=c1[nH]c2ccc(C(O)CCN3CCNCC3)cc2[nH]1. The first kappa shape index (κ1) is 13.4. The molecule has 108 valence electrons. The molecule has 0 bridgehead atoms. The molecule has 1 unspecified atom stereocenters. The zero-order valence-corrected chi connectivity index (χ0v) is 11.4. The van der Waals surface area contributed by atoms with Crippen LogP contribution in [0.25, 0.3) is 11.0 Å². The van der Waals surface area contributed by atoms with Crippen LogP contribution in [-0.2, 0) is 0 Å². The Kier molecular flexibility index (Phi) is 3.86. The Labute approximate surface area is 116 Å². The third kappa shape index (κ3) is 2.92. The molecule has 0 spiro atoms. The van der Waals surface area contributed by atoms with E-state index in [9.17, 15) is 9.90 Å². The molecule has 1 aromatic heterocycles. The first-order valence-electron chi connectivity index (χ1n) is 7.05. The molecule has 1 aliphatic heterocycles. The number of aliphatic hydroxyl groups excluding tert-OH is 1. The second-order valence-corrected chi connectivity index (χ2v) is 5.28. The molecule has 0 radical (unpaired) electrons. The topological polar surface area (TPSA) is 84.2 Å². The number of hydrogen-bond donors (Lipinski definition) is 4. The number of hydrogen-bond acceptors (Lipinski definition) is 4. The number of H-pyrrole nitrogens is 2. The van der Waals surface area contributed by atoms with Crippen molar-refractivity contribution >= 4 is 11.0 Å². The van der Waals surface area contributed by atoms with E-state index < -0.39 is 6.10 Å². The molecule has 3 rings (SSSR count). The molecule has 20 heavy (non-hydrogen) atoms. The van der Waals surface area contributed by atoms with Crippen LogP contribution in [0, 0.1) is 0 Å². The average molecular weight is 276 g/mol. The fourth-order valence-corrected chi connectivity index (χ4v) is 2.66. The summed E-state index contributed by atoms with van der Waals surface area (Å²) in [4.78, 5) is 19.0. The van der Waals surface area contributed by atoms with Crippen molar-refractivity contribution in [2.24, 2.45) is 0 Å². The van der Waals surface area contributed by atoms with Crippen LogP contribution in [0.1, 0.15) is 18.1 Å². The van der Waals surface area contributed by atoms with Crippen molar-refractivity contribution in [3.8, 4) is 0 Å². The summed E-state index contributed by atoms with van der Waals surface area (Å²) in [5, 5.41) is 13.6. The van der Waals surface area contributed by atoms with Gasteiger partial charge in [0.2, 0.25) is 0 Å². The summed E-state index contributed by atoms with van der Waals surface area (Å²) in [7, 11) is 0. The number of aromatic nitrogens is 2. The van der Waals surface area contributed by atoms with Gasteiger partial charge in [-0.3, -0.25) is 0 Å². The highest BCUT2D eigenvalue weighted by Gasteiger charge is 2.13. The lowest BCUT2D eigenvalue weighted by molar-refractivity contribution is 0.137. The summed E-state index contributed by atoms with van der Waals surface area (Å²) >= 11 is 0. The molecular weight excluding hydrogens is 256 g/mol. The van der Waals surface area contributed by atoms with Gasteiger partial charge in [0.15, 0.2) is 0 Å². The molecule has 0 aliphatic carbocycles. The maximum atomic E-state index is 11.2. The van der Waals surface area contributed by atoms with Crippen molar-refractivity contribution in [2.75, 3.05) is 32.7 Å².